The normalized spacial score (nSPS) is 11.5. The minimum Gasteiger partial charge on any atom is -0.302 e. The van der Waals surface area contributed by atoms with Gasteiger partial charge in [0.1, 0.15) is 5.65 Å². The first kappa shape index (κ1) is 14.2. The molecule has 3 aromatic rings. The first-order valence-corrected chi connectivity index (χ1v) is 7.77. The number of fused-ring (bicyclic) bond motifs is 1. The van der Waals surface area contributed by atoms with Crippen LogP contribution < -0.4 is 0 Å². The van der Waals surface area contributed by atoms with Crippen LogP contribution in [0, 0.1) is 6.92 Å². The highest BCUT2D eigenvalue weighted by Gasteiger charge is 2.13. The first-order valence-electron chi connectivity index (χ1n) is 7.24. The van der Waals surface area contributed by atoms with E-state index in [1.54, 1.807) is 0 Å². The summed E-state index contributed by atoms with van der Waals surface area (Å²) in [5.74, 6) is 0.987. The third kappa shape index (κ3) is 2.56. The van der Waals surface area contributed by atoms with E-state index in [0.717, 1.165) is 22.6 Å². The summed E-state index contributed by atoms with van der Waals surface area (Å²) in [7, 11) is 0. The molecule has 0 bridgehead atoms. The highest BCUT2D eigenvalue weighted by atomic mass is 35.5. The molecular weight excluding hydrogens is 280 g/mol. The largest absolute Gasteiger partial charge is 0.302 e. The molecule has 0 saturated carbocycles. The van der Waals surface area contributed by atoms with E-state index < -0.39 is 0 Å². The summed E-state index contributed by atoms with van der Waals surface area (Å²) in [6.07, 6.45) is 2.04. The zero-order valence-corrected chi connectivity index (χ0v) is 13.4. The maximum absolute atomic E-state index is 6.16. The fourth-order valence-electron chi connectivity index (χ4n) is 2.58. The number of pyridine rings is 1. The molecule has 0 aliphatic rings. The van der Waals surface area contributed by atoms with Crippen molar-refractivity contribution in [2.24, 2.45) is 0 Å². The minimum absolute atomic E-state index is 0.450. The maximum Gasteiger partial charge on any atom is 0.137 e. The smallest absolute Gasteiger partial charge is 0.137 e. The van der Waals surface area contributed by atoms with Gasteiger partial charge in [-0.15, -0.1) is 11.6 Å². The van der Waals surface area contributed by atoms with E-state index in [9.17, 15) is 0 Å². The van der Waals surface area contributed by atoms with E-state index in [4.69, 9.17) is 16.6 Å². The zero-order valence-electron chi connectivity index (χ0n) is 12.6. The molecule has 0 atom stereocenters. The average molecular weight is 299 g/mol. The molecule has 3 heteroatoms. The second-order valence-corrected chi connectivity index (χ2v) is 6.02. The number of nitrogens with zero attached hydrogens (tertiary/aromatic N) is 2. The van der Waals surface area contributed by atoms with Crippen molar-refractivity contribution in [1.29, 1.82) is 0 Å². The van der Waals surface area contributed by atoms with Gasteiger partial charge in [0.25, 0.3) is 0 Å². The van der Waals surface area contributed by atoms with Gasteiger partial charge in [-0.1, -0.05) is 38.1 Å². The maximum atomic E-state index is 6.16. The average Bonchev–Trinajstić information content (AvgIpc) is 2.84. The van der Waals surface area contributed by atoms with Crippen molar-refractivity contribution < 1.29 is 0 Å². The summed E-state index contributed by atoms with van der Waals surface area (Å²) in [6.45, 7) is 6.48. The Labute approximate surface area is 130 Å². The summed E-state index contributed by atoms with van der Waals surface area (Å²) in [4.78, 5) is 4.77. The van der Waals surface area contributed by atoms with Crippen LogP contribution in [0.4, 0.5) is 0 Å². The number of rotatable bonds is 3. The van der Waals surface area contributed by atoms with Crippen LogP contribution in [-0.4, -0.2) is 9.38 Å². The van der Waals surface area contributed by atoms with E-state index in [-0.39, 0.29) is 0 Å². The molecule has 0 saturated heterocycles. The van der Waals surface area contributed by atoms with Gasteiger partial charge < -0.3 is 4.40 Å². The molecule has 0 radical (unpaired) electrons. The van der Waals surface area contributed by atoms with Gasteiger partial charge in [0, 0.05) is 11.8 Å². The van der Waals surface area contributed by atoms with Gasteiger partial charge in [-0.05, 0) is 36.1 Å². The van der Waals surface area contributed by atoms with E-state index in [0.29, 0.717) is 11.8 Å². The van der Waals surface area contributed by atoms with Gasteiger partial charge in [0.15, 0.2) is 0 Å². The van der Waals surface area contributed by atoms with E-state index >= 15 is 0 Å². The monoisotopic (exact) mass is 298 g/mol. The topological polar surface area (TPSA) is 17.3 Å². The van der Waals surface area contributed by atoms with E-state index in [1.807, 2.05) is 6.20 Å². The second-order valence-electron chi connectivity index (χ2n) is 5.75. The van der Waals surface area contributed by atoms with E-state index in [2.05, 4.69) is 61.6 Å². The van der Waals surface area contributed by atoms with Gasteiger partial charge >= 0.3 is 0 Å². The standard InChI is InChI=1S/C18H19ClN2/c1-12(2)14-4-6-15(7-5-14)18-16(11-19)21-9-8-13(3)10-17(21)20-18/h4-10,12H,11H2,1-3H3. The van der Waals surface area contributed by atoms with Crippen molar-refractivity contribution >= 4 is 17.2 Å². The van der Waals surface area contributed by atoms with Crippen LogP contribution in [0.3, 0.4) is 0 Å². The predicted molar refractivity (Wildman–Crippen MR) is 89.0 cm³/mol. The Bertz CT molecular complexity index is 770. The molecule has 0 aliphatic carbocycles. The van der Waals surface area contributed by atoms with Crippen molar-refractivity contribution in [1.82, 2.24) is 9.38 Å². The molecule has 3 rings (SSSR count). The van der Waals surface area contributed by atoms with Crippen molar-refractivity contribution in [2.75, 3.05) is 0 Å². The molecule has 2 nitrogen and oxygen atoms in total. The number of hydrogen-bond donors (Lipinski definition) is 0. The number of imidazole rings is 1. The lowest BCUT2D eigenvalue weighted by atomic mass is 10.0. The molecular formula is C18H19ClN2. The Morgan fingerprint density at radius 2 is 1.86 bits per heavy atom. The molecule has 0 N–H and O–H groups in total. The third-order valence-corrected chi connectivity index (χ3v) is 4.11. The molecule has 0 unspecified atom stereocenters. The van der Waals surface area contributed by atoms with Crippen molar-refractivity contribution in [3.05, 3.63) is 59.4 Å². The second kappa shape index (κ2) is 5.53. The Balaban J connectivity index is 2.14. The third-order valence-electron chi connectivity index (χ3n) is 3.86. The highest BCUT2D eigenvalue weighted by molar-refractivity contribution is 6.17. The van der Waals surface area contributed by atoms with Crippen LogP contribution in [0.1, 0.15) is 36.6 Å². The summed E-state index contributed by atoms with van der Waals surface area (Å²) >= 11 is 6.16. The van der Waals surface area contributed by atoms with Crippen molar-refractivity contribution in [3.63, 3.8) is 0 Å². The number of aromatic nitrogens is 2. The van der Waals surface area contributed by atoms with Crippen LogP contribution in [-0.2, 0) is 5.88 Å². The van der Waals surface area contributed by atoms with Crippen LogP contribution in [0.15, 0.2) is 42.6 Å². The van der Waals surface area contributed by atoms with Gasteiger partial charge in [0.2, 0.25) is 0 Å². The lowest BCUT2D eigenvalue weighted by Gasteiger charge is -2.06. The molecule has 2 heterocycles. The number of benzene rings is 1. The van der Waals surface area contributed by atoms with Crippen molar-refractivity contribution in [3.8, 4) is 11.3 Å². The van der Waals surface area contributed by atoms with E-state index in [1.165, 1.54) is 11.1 Å². The van der Waals surface area contributed by atoms with Gasteiger partial charge in [-0.25, -0.2) is 4.98 Å². The Hall–Kier alpha value is -1.80. The van der Waals surface area contributed by atoms with Gasteiger partial charge in [-0.3, -0.25) is 0 Å². The van der Waals surface area contributed by atoms with Crippen LogP contribution in [0.25, 0.3) is 16.9 Å². The molecule has 1 aromatic carbocycles. The van der Waals surface area contributed by atoms with Crippen molar-refractivity contribution in [2.45, 2.75) is 32.6 Å². The van der Waals surface area contributed by atoms with Gasteiger partial charge in [-0.2, -0.15) is 0 Å². The fourth-order valence-corrected chi connectivity index (χ4v) is 2.84. The first-order chi connectivity index (χ1) is 10.1. The molecule has 21 heavy (non-hydrogen) atoms. The number of aryl methyl sites for hydroxylation is 1. The Morgan fingerprint density at radius 1 is 1.14 bits per heavy atom. The summed E-state index contributed by atoms with van der Waals surface area (Å²) in [5, 5.41) is 0. The summed E-state index contributed by atoms with van der Waals surface area (Å²) in [5.41, 5.74) is 6.64. The fraction of sp³-hybridized carbons (Fsp3) is 0.278. The molecule has 0 aliphatic heterocycles. The van der Waals surface area contributed by atoms with Crippen LogP contribution in [0.5, 0.6) is 0 Å². The lowest BCUT2D eigenvalue weighted by Crippen LogP contribution is -1.92. The Morgan fingerprint density at radius 3 is 2.48 bits per heavy atom. The Kier molecular flexibility index (Phi) is 3.73. The number of hydrogen-bond acceptors (Lipinski definition) is 1. The zero-order chi connectivity index (χ0) is 15.0. The number of halogens is 1. The molecule has 0 spiro atoms. The molecule has 0 fully saturated rings. The van der Waals surface area contributed by atoms with Gasteiger partial charge in [0.05, 0.1) is 17.3 Å². The molecule has 0 amide bonds. The van der Waals surface area contributed by atoms with Crippen LogP contribution in [0.2, 0.25) is 0 Å². The highest BCUT2D eigenvalue weighted by Crippen LogP contribution is 2.27. The quantitative estimate of drug-likeness (QED) is 0.610. The SMILES string of the molecule is Cc1ccn2c(CCl)c(-c3ccc(C(C)C)cc3)nc2c1. The summed E-state index contributed by atoms with van der Waals surface area (Å²) < 4.78 is 2.08. The molecule has 108 valence electrons. The summed E-state index contributed by atoms with van der Waals surface area (Å²) in [6, 6.07) is 12.8. The number of alkyl halides is 1. The molecule has 2 aromatic heterocycles. The van der Waals surface area contributed by atoms with Crippen LogP contribution >= 0.6 is 11.6 Å². The lowest BCUT2D eigenvalue weighted by molar-refractivity contribution is 0.867. The predicted octanol–water partition coefficient (Wildman–Crippen LogP) is 5.17. The minimum atomic E-state index is 0.450.